The molecule has 0 aromatic carbocycles. The molecule has 2 heteroatoms. The van der Waals surface area contributed by atoms with E-state index in [0.717, 1.165) is 42.4 Å². The van der Waals surface area contributed by atoms with Crippen molar-refractivity contribution in [2.75, 3.05) is 0 Å². The van der Waals surface area contributed by atoms with Crippen molar-refractivity contribution in [1.29, 1.82) is 5.26 Å². The Morgan fingerprint density at radius 3 is 2.77 bits per heavy atom. The molecule has 0 unspecified atom stereocenters. The van der Waals surface area contributed by atoms with Crippen LogP contribution in [0.1, 0.15) is 84.0 Å². The van der Waals surface area contributed by atoms with E-state index in [-0.39, 0.29) is 6.10 Å². The van der Waals surface area contributed by atoms with E-state index in [4.69, 9.17) is 0 Å². The molecule has 8 atom stereocenters. The number of hydrogen-bond acceptors (Lipinski definition) is 2. The van der Waals surface area contributed by atoms with Crippen molar-refractivity contribution >= 4 is 0 Å². The monoisotopic (exact) mass is 353 g/mol. The summed E-state index contributed by atoms with van der Waals surface area (Å²) < 4.78 is 0. The van der Waals surface area contributed by atoms with Crippen LogP contribution in [0.5, 0.6) is 0 Å². The molecule has 0 aromatic rings. The zero-order chi connectivity index (χ0) is 17.9. The first-order valence-electron chi connectivity index (χ1n) is 11.3. The van der Waals surface area contributed by atoms with Crippen molar-refractivity contribution in [3.05, 3.63) is 11.6 Å². The van der Waals surface area contributed by atoms with Crippen LogP contribution in [0.3, 0.4) is 0 Å². The van der Waals surface area contributed by atoms with Crippen LogP contribution in [-0.2, 0) is 0 Å². The van der Waals surface area contributed by atoms with Crippen LogP contribution in [-0.4, -0.2) is 11.2 Å². The van der Waals surface area contributed by atoms with Crippen molar-refractivity contribution in [2.45, 2.75) is 90.1 Å². The Hall–Kier alpha value is -0.810. The third-order valence-electron chi connectivity index (χ3n) is 10.2. The van der Waals surface area contributed by atoms with Crippen LogP contribution in [0.15, 0.2) is 11.6 Å². The highest BCUT2D eigenvalue weighted by Crippen LogP contribution is 2.70. The summed E-state index contributed by atoms with van der Waals surface area (Å²) in [5.41, 5.74) is 2.53. The van der Waals surface area contributed by atoms with Gasteiger partial charge < -0.3 is 5.11 Å². The SMILES string of the molecule is C[C@]12CC[C@@H](O)C[C@@H]1CC[C@@H]1[C@@H]2CC[C@@]23CCC/C(=C/C#N)[C@H]2CC[C@@H]13. The minimum absolute atomic E-state index is 0.0348. The number of aliphatic hydroxyl groups excluding tert-OH is 1. The maximum atomic E-state index is 10.2. The summed E-state index contributed by atoms with van der Waals surface area (Å²) in [4.78, 5) is 0. The van der Waals surface area contributed by atoms with E-state index >= 15 is 0 Å². The topological polar surface area (TPSA) is 44.0 Å². The second-order valence-corrected chi connectivity index (χ2v) is 10.7. The molecule has 2 nitrogen and oxygen atoms in total. The lowest BCUT2D eigenvalue weighted by atomic mass is 9.43. The maximum Gasteiger partial charge on any atom is 0.0911 e. The smallest absolute Gasteiger partial charge is 0.0911 e. The zero-order valence-electron chi connectivity index (χ0n) is 16.4. The van der Waals surface area contributed by atoms with Gasteiger partial charge in [0.2, 0.25) is 0 Å². The second kappa shape index (κ2) is 6.10. The molecule has 5 fully saturated rings. The van der Waals surface area contributed by atoms with Gasteiger partial charge in [-0.05, 0) is 117 Å². The molecular formula is C24H35NO. The summed E-state index contributed by atoms with van der Waals surface area (Å²) >= 11 is 0. The zero-order valence-corrected chi connectivity index (χ0v) is 16.4. The number of allylic oxidation sites excluding steroid dienone is 2. The molecule has 0 amide bonds. The average molecular weight is 354 g/mol. The van der Waals surface area contributed by atoms with Crippen LogP contribution in [0.25, 0.3) is 0 Å². The number of aliphatic hydroxyl groups is 1. The number of nitriles is 1. The average Bonchev–Trinajstić information content (AvgIpc) is 3.03. The molecule has 1 N–H and O–H groups in total. The predicted molar refractivity (Wildman–Crippen MR) is 103 cm³/mol. The summed E-state index contributed by atoms with van der Waals surface area (Å²) in [6, 6.07) is 2.36. The first-order valence-corrected chi connectivity index (χ1v) is 11.3. The molecule has 0 heterocycles. The molecule has 0 radical (unpaired) electrons. The van der Waals surface area contributed by atoms with Gasteiger partial charge in [-0.25, -0.2) is 0 Å². The van der Waals surface area contributed by atoms with Gasteiger partial charge in [0, 0.05) is 6.08 Å². The quantitative estimate of drug-likeness (QED) is 0.574. The minimum Gasteiger partial charge on any atom is -0.393 e. The van der Waals surface area contributed by atoms with E-state index in [2.05, 4.69) is 13.0 Å². The van der Waals surface area contributed by atoms with Gasteiger partial charge in [0.05, 0.1) is 12.2 Å². The molecule has 0 aliphatic heterocycles. The Kier molecular flexibility index (Phi) is 4.06. The van der Waals surface area contributed by atoms with Gasteiger partial charge in [-0.1, -0.05) is 12.5 Å². The van der Waals surface area contributed by atoms with Crippen molar-refractivity contribution in [3.8, 4) is 6.07 Å². The van der Waals surface area contributed by atoms with Crippen molar-refractivity contribution < 1.29 is 5.11 Å². The molecule has 26 heavy (non-hydrogen) atoms. The van der Waals surface area contributed by atoms with Crippen LogP contribution in [0.4, 0.5) is 0 Å². The second-order valence-electron chi connectivity index (χ2n) is 10.7. The summed E-state index contributed by atoms with van der Waals surface area (Å²) in [5, 5.41) is 19.5. The van der Waals surface area contributed by atoms with E-state index in [0.29, 0.717) is 10.8 Å². The largest absolute Gasteiger partial charge is 0.393 e. The van der Waals surface area contributed by atoms with Gasteiger partial charge >= 0.3 is 0 Å². The van der Waals surface area contributed by atoms with E-state index in [1.54, 1.807) is 0 Å². The lowest BCUT2D eigenvalue weighted by molar-refractivity contribution is -0.132. The fourth-order valence-electron chi connectivity index (χ4n) is 9.14. The molecule has 5 rings (SSSR count). The van der Waals surface area contributed by atoms with E-state index in [1.165, 1.54) is 69.8 Å². The van der Waals surface area contributed by atoms with Gasteiger partial charge in [0.15, 0.2) is 0 Å². The van der Waals surface area contributed by atoms with Crippen molar-refractivity contribution in [2.24, 2.45) is 40.4 Å². The van der Waals surface area contributed by atoms with Gasteiger partial charge in [-0.15, -0.1) is 0 Å². The number of rotatable bonds is 0. The highest BCUT2D eigenvalue weighted by molar-refractivity contribution is 5.25. The number of hydrogen-bond donors (Lipinski definition) is 1. The first kappa shape index (κ1) is 17.3. The van der Waals surface area contributed by atoms with E-state index in [1.807, 2.05) is 6.08 Å². The van der Waals surface area contributed by atoms with E-state index < -0.39 is 0 Å². The summed E-state index contributed by atoms with van der Waals surface area (Å²) in [6.45, 7) is 2.59. The molecular weight excluding hydrogens is 318 g/mol. The lowest BCUT2D eigenvalue weighted by Crippen LogP contribution is -2.55. The highest BCUT2D eigenvalue weighted by atomic mass is 16.3. The third-order valence-corrected chi connectivity index (χ3v) is 10.2. The fraction of sp³-hybridized carbons (Fsp3) is 0.875. The number of nitrogens with zero attached hydrogens (tertiary/aromatic N) is 1. The van der Waals surface area contributed by atoms with Crippen molar-refractivity contribution in [1.82, 2.24) is 0 Å². The summed E-state index contributed by atoms with van der Waals surface area (Å²) in [6.07, 6.45) is 17.5. The van der Waals surface area contributed by atoms with Crippen LogP contribution >= 0.6 is 0 Å². The molecule has 0 bridgehead atoms. The van der Waals surface area contributed by atoms with Crippen molar-refractivity contribution in [3.63, 3.8) is 0 Å². The maximum absolute atomic E-state index is 10.2. The highest BCUT2D eigenvalue weighted by Gasteiger charge is 2.62. The molecule has 0 aromatic heterocycles. The molecule has 0 saturated heterocycles. The molecule has 5 aliphatic rings. The lowest BCUT2D eigenvalue weighted by Gasteiger charge is -2.62. The first-order chi connectivity index (χ1) is 12.6. The number of fused-ring (bicyclic) bond motifs is 4. The Balaban J connectivity index is 1.45. The Bertz CT molecular complexity index is 647. The molecule has 5 saturated carbocycles. The van der Waals surface area contributed by atoms with Gasteiger partial charge in [0.1, 0.15) is 0 Å². The third kappa shape index (κ3) is 2.25. The van der Waals surface area contributed by atoms with Gasteiger partial charge in [-0.3, -0.25) is 0 Å². The van der Waals surface area contributed by atoms with Gasteiger partial charge in [-0.2, -0.15) is 5.26 Å². The summed E-state index contributed by atoms with van der Waals surface area (Å²) in [5.74, 6) is 4.22. The predicted octanol–water partition coefficient (Wildman–Crippen LogP) is 5.62. The molecule has 1 spiro atoms. The fourth-order valence-corrected chi connectivity index (χ4v) is 9.14. The van der Waals surface area contributed by atoms with Crippen LogP contribution < -0.4 is 0 Å². The van der Waals surface area contributed by atoms with Crippen LogP contribution in [0, 0.1) is 51.8 Å². The summed E-state index contributed by atoms with van der Waals surface area (Å²) in [7, 11) is 0. The Labute approximate surface area is 159 Å². The minimum atomic E-state index is -0.0348. The van der Waals surface area contributed by atoms with Crippen LogP contribution in [0.2, 0.25) is 0 Å². The molecule has 5 aliphatic carbocycles. The Morgan fingerprint density at radius 1 is 1.04 bits per heavy atom. The van der Waals surface area contributed by atoms with E-state index in [9.17, 15) is 10.4 Å². The Morgan fingerprint density at radius 2 is 1.92 bits per heavy atom. The molecule has 142 valence electrons. The van der Waals surface area contributed by atoms with Gasteiger partial charge in [0.25, 0.3) is 0 Å². The normalized spacial score (nSPS) is 54.6. The standard InChI is InChI=1S/C24H35NO/c1-23-12-8-18(26)15-17(23)4-5-19-21(23)9-13-24-11-2-3-16(10-14-25)20(24)6-7-22(19)24/h10,17-22,26H,2-9,11-13,15H2,1H3/b16-10-/t17-,18+,19+,20+,21-,22-,23-,24-/m0/s1.